The van der Waals surface area contributed by atoms with Crippen LogP contribution in [0, 0.1) is 11.6 Å². The van der Waals surface area contributed by atoms with Gasteiger partial charge in [0.1, 0.15) is 17.2 Å². The molecule has 2 atom stereocenters. The maximum absolute atomic E-state index is 13.2. The molecule has 5 nitrogen and oxygen atoms in total. The highest BCUT2D eigenvalue weighted by atomic mass is 19.1. The van der Waals surface area contributed by atoms with E-state index in [0.29, 0.717) is 26.3 Å². The Hall–Kier alpha value is -1.73. The topological polar surface area (TPSA) is 50.8 Å². The molecule has 126 valence electrons. The van der Waals surface area contributed by atoms with Crippen LogP contribution in [0.4, 0.5) is 19.3 Å². The second kappa shape index (κ2) is 6.41. The number of halogens is 2. The average molecular weight is 326 g/mol. The molecule has 23 heavy (non-hydrogen) atoms. The van der Waals surface area contributed by atoms with Gasteiger partial charge in [0.25, 0.3) is 0 Å². The predicted octanol–water partition coefficient (Wildman–Crippen LogP) is 2.77. The normalized spacial score (nSPS) is 28.0. The zero-order valence-electron chi connectivity index (χ0n) is 13.0. The molecule has 1 aromatic carbocycles. The first-order valence-electron chi connectivity index (χ1n) is 7.73. The minimum Gasteiger partial charge on any atom is -0.378 e. The number of rotatable bonds is 1. The Kier molecular flexibility index (Phi) is 4.50. The smallest absolute Gasteiger partial charge is 0.322 e. The number of ether oxygens (including phenoxy) is 2. The lowest BCUT2D eigenvalue weighted by Crippen LogP contribution is -2.60. The van der Waals surface area contributed by atoms with Gasteiger partial charge in [-0.25, -0.2) is 13.6 Å². The molecule has 0 radical (unpaired) electrons. The van der Waals surface area contributed by atoms with E-state index in [1.54, 1.807) is 4.90 Å². The van der Waals surface area contributed by atoms with Gasteiger partial charge in [0.05, 0.1) is 19.3 Å². The number of hydrogen-bond acceptors (Lipinski definition) is 3. The van der Waals surface area contributed by atoms with Gasteiger partial charge in [0.15, 0.2) is 0 Å². The summed E-state index contributed by atoms with van der Waals surface area (Å²) in [5, 5.41) is 2.55. The van der Waals surface area contributed by atoms with Crippen molar-refractivity contribution in [1.29, 1.82) is 0 Å². The summed E-state index contributed by atoms with van der Waals surface area (Å²) in [5.41, 5.74) is -0.388. The summed E-state index contributed by atoms with van der Waals surface area (Å²) in [5.74, 6) is -1.46. The molecule has 1 N–H and O–H groups in total. The summed E-state index contributed by atoms with van der Waals surface area (Å²) in [6.07, 6.45) is 1.59. The van der Waals surface area contributed by atoms with Crippen molar-refractivity contribution in [3.63, 3.8) is 0 Å². The van der Waals surface area contributed by atoms with Gasteiger partial charge in [0.2, 0.25) is 0 Å². The average Bonchev–Trinajstić information content (AvgIpc) is 2.46. The van der Waals surface area contributed by atoms with E-state index in [9.17, 15) is 13.6 Å². The zero-order valence-corrected chi connectivity index (χ0v) is 13.0. The summed E-state index contributed by atoms with van der Waals surface area (Å²) in [6.45, 7) is 3.88. The van der Waals surface area contributed by atoms with Crippen LogP contribution in [0.25, 0.3) is 0 Å². The number of nitrogens with one attached hydrogen (secondary N) is 1. The Bertz CT molecular complexity index is 570. The molecule has 2 amide bonds. The number of anilines is 1. The van der Waals surface area contributed by atoms with Crippen LogP contribution in [0.3, 0.4) is 0 Å². The standard InChI is InChI=1S/C16H20F2N2O3/c1-11-8-20(9-16(23-11)3-2-4-22-10-16)15(21)19-14-6-12(17)5-13(18)7-14/h5-7,11H,2-4,8-10H2,1H3,(H,19,21)/t11-,16+/m0/s1. The van der Waals surface area contributed by atoms with Gasteiger partial charge in [0, 0.05) is 24.9 Å². The highest BCUT2D eigenvalue weighted by Gasteiger charge is 2.42. The van der Waals surface area contributed by atoms with Gasteiger partial charge in [-0.2, -0.15) is 0 Å². The molecule has 3 rings (SSSR count). The molecule has 0 bridgehead atoms. The molecule has 0 aromatic heterocycles. The first-order valence-corrected chi connectivity index (χ1v) is 7.73. The van der Waals surface area contributed by atoms with E-state index in [0.717, 1.165) is 31.0 Å². The molecule has 2 heterocycles. The number of carbonyl (C=O) groups is 1. The first-order chi connectivity index (χ1) is 11.0. The van der Waals surface area contributed by atoms with Crippen molar-refractivity contribution in [2.24, 2.45) is 0 Å². The summed E-state index contributed by atoms with van der Waals surface area (Å²) in [6, 6.07) is 2.55. The lowest BCUT2D eigenvalue weighted by Gasteiger charge is -2.47. The second-order valence-electron chi connectivity index (χ2n) is 6.24. The molecule has 2 fully saturated rings. The van der Waals surface area contributed by atoms with Crippen molar-refractivity contribution in [3.8, 4) is 0 Å². The molecule has 0 aliphatic carbocycles. The fourth-order valence-corrected chi connectivity index (χ4v) is 3.25. The van der Waals surface area contributed by atoms with Gasteiger partial charge >= 0.3 is 6.03 Å². The number of morpholine rings is 1. The highest BCUT2D eigenvalue weighted by molar-refractivity contribution is 5.89. The van der Waals surface area contributed by atoms with Gasteiger partial charge in [-0.3, -0.25) is 0 Å². The van der Waals surface area contributed by atoms with Gasteiger partial charge in [-0.1, -0.05) is 0 Å². The van der Waals surface area contributed by atoms with Crippen molar-refractivity contribution in [2.75, 3.05) is 31.6 Å². The van der Waals surface area contributed by atoms with Gasteiger partial charge in [-0.05, 0) is 31.9 Å². The number of nitrogens with zero attached hydrogens (tertiary/aromatic N) is 1. The number of carbonyl (C=O) groups excluding carboxylic acids is 1. The lowest BCUT2D eigenvalue weighted by molar-refractivity contribution is -0.187. The summed E-state index contributed by atoms with van der Waals surface area (Å²) < 4.78 is 38.0. The largest absolute Gasteiger partial charge is 0.378 e. The number of urea groups is 1. The van der Waals surface area contributed by atoms with Crippen molar-refractivity contribution >= 4 is 11.7 Å². The highest BCUT2D eigenvalue weighted by Crippen LogP contribution is 2.30. The Labute approximate surface area is 133 Å². The van der Waals surface area contributed by atoms with Crippen LogP contribution >= 0.6 is 0 Å². The first kappa shape index (κ1) is 16.1. The molecule has 2 aliphatic heterocycles. The molecule has 1 spiro atoms. The lowest BCUT2D eigenvalue weighted by atomic mass is 9.93. The van der Waals surface area contributed by atoms with Crippen molar-refractivity contribution in [2.45, 2.75) is 31.5 Å². The number of benzene rings is 1. The van der Waals surface area contributed by atoms with E-state index in [1.807, 2.05) is 6.92 Å². The van der Waals surface area contributed by atoms with Crippen LogP contribution in [-0.4, -0.2) is 48.9 Å². The van der Waals surface area contributed by atoms with Gasteiger partial charge < -0.3 is 19.7 Å². The van der Waals surface area contributed by atoms with Gasteiger partial charge in [-0.15, -0.1) is 0 Å². The van der Waals surface area contributed by atoms with Crippen molar-refractivity contribution in [1.82, 2.24) is 4.90 Å². The van der Waals surface area contributed by atoms with Crippen LogP contribution in [0.5, 0.6) is 0 Å². The fourth-order valence-electron chi connectivity index (χ4n) is 3.25. The second-order valence-corrected chi connectivity index (χ2v) is 6.24. The predicted molar refractivity (Wildman–Crippen MR) is 80.3 cm³/mol. The molecule has 0 unspecified atom stereocenters. The van der Waals surface area contributed by atoms with E-state index in [4.69, 9.17) is 9.47 Å². The molecule has 2 saturated heterocycles. The molecule has 7 heteroatoms. The monoisotopic (exact) mass is 326 g/mol. The van der Waals surface area contributed by atoms with Crippen LogP contribution in [-0.2, 0) is 9.47 Å². The van der Waals surface area contributed by atoms with E-state index < -0.39 is 23.3 Å². The Balaban J connectivity index is 1.70. The summed E-state index contributed by atoms with van der Waals surface area (Å²) in [7, 11) is 0. The van der Waals surface area contributed by atoms with Crippen molar-refractivity contribution in [3.05, 3.63) is 29.8 Å². The molecule has 2 aliphatic rings. The fraction of sp³-hybridized carbons (Fsp3) is 0.562. The summed E-state index contributed by atoms with van der Waals surface area (Å²) >= 11 is 0. The Morgan fingerprint density at radius 3 is 2.74 bits per heavy atom. The molecule has 0 saturated carbocycles. The number of amides is 2. The Morgan fingerprint density at radius 2 is 2.09 bits per heavy atom. The molecule has 1 aromatic rings. The number of hydrogen-bond donors (Lipinski definition) is 1. The van der Waals surface area contributed by atoms with E-state index in [2.05, 4.69) is 5.32 Å². The summed E-state index contributed by atoms with van der Waals surface area (Å²) in [4.78, 5) is 14.1. The van der Waals surface area contributed by atoms with Crippen LogP contribution < -0.4 is 5.32 Å². The maximum Gasteiger partial charge on any atom is 0.322 e. The maximum atomic E-state index is 13.2. The third kappa shape index (κ3) is 3.79. The molecular weight excluding hydrogens is 306 g/mol. The van der Waals surface area contributed by atoms with Crippen molar-refractivity contribution < 1.29 is 23.0 Å². The van der Waals surface area contributed by atoms with Crippen LogP contribution in [0.2, 0.25) is 0 Å². The van der Waals surface area contributed by atoms with Crippen LogP contribution in [0.1, 0.15) is 19.8 Å². The van der Waals surface area contributed by atoms with E-state index in [-0.39, 0.29) is 11.8 Å². The Morgan fingerprint density at radius 1 is 1.35 bits per heavy atom. The minimum atomic E-state index is -0.729. The van der Waals surface area contributed by atoms with E-state index in [1.165, 1.54) is 0 Å². The van der Waals surface area contributed by atoms with Crippen LogP contribution in [0.15, 0.2) is 18.2 Å². The quantitative estimate of drug-likeness (QED) is 0.863. The SMILES string of the molecule is C[C@H]1CN(C(=O)Nc2cc(F)cc(F)c2)C[C@@]2(CCCOC2)O1. The zero-order chi connectivity index (χ0) is 16.4. The third-order valence-electron chi connectivity index (χ3n) is 4.09. The molecular formula is C16H20F2N2O3. The third-order valence-corrected chi connectivity index (χ3v) is 4.09. The van der Waals surface area contributed by atoms with E-state index >= 15 is 0 Å². The minimum absolute atomic E-state index is 0.0978.